The summed E-state index contributed by atoms with van der Waals surface area (Å²) < 4.78 is 43.5. The number of nitrogens with zero attached hydrogens (tertiary/aromatic N) is 2. The Balaban J connectivity index is 2.33. The van der Waals surface area contributed by atoms with Gasteiger partial charge in [-0.2, -0.15) is 18.2 Å². The van der Waals surface area contributed by atoms with E-state index in [9.17, 15) is 13.2 Å². The van der Waals surface area contributed by atoms with Gasteiger partial charge in [0.1, 0.15) is 5.75 Å². The monoisotopic (exact) mass is 269 g/mol. The van der Waals surface area contributed by atoms with E-state index in [1.807, 2.05) is 0 Å². The van der Waals surface area contributed by atoms with Crippen molar-refractivity contribution in [1.82, 2.24) is 9.97 Å². The summed E-state index contributed by atoms with van der Waals surface area (Å²) in [5, 5.41) is 2.67. The molecule has 0 fully saturated rings. The smallest absolute Gasteiger partial charge is 0.419 e. The maximum absolute atomic E-state index is 12.8. The van der Waals surface area contributed by atoms with Crippen LogP contribution in [0.25, 0.3) is 0 Å². The first kappa shape index (κ1) is 13.1. The van der Waals surface area contributed by atoms with E-state index in [0.29, 0.717) is 0 Å². The highest BCUT2D eigenvalue weighted by Gasteiger charge is 2.34. The van der Waals surface area contributed by atoms with Crippen LogP contribution >= 0.6 is 0 Å². The molecule has 0 saturated carbocycles. The Bertz CT molecular complexity index is 572. The number of ether oxygens (including phenoxy) is 1. The topological polar surface area (TPSA) is 47.0 Å². The normalized spacial score (nSPS) is 11.2. The number of benzene rings is 1. The van der Waals surface area contributed by atoms with E-state index >= 15 is 0 Å². The summed E-state index contributed by atoms with van der Waals surface area (Å²) in [6, 6.07) is 6.34. The average molecular weight is 269 g/mol. The van der Waals surface area contributed by atoms with Crippen LogP contribution in [0.4, 0.5) is 19.1 Å². The molecule has 0 saturated heterocycles. The van der Waals surface area contributed by atoms with Crippen LogP contribution in [0.1, 0.15) is 5.56 Å². The van der Waals surface area contributed by atoms with Gasteiger partial charge in [-0.1, -0.05) is 12.1 Å². The van der Waals surface area contributed by atoms with Crippen molar-refractivity contribution in [2.75, 3.05) is 12.4 Å². The molecule has 0 aliphatic carbocycles. The molecule has 0 aliphatic rings. The zero-order valence-electron chi connectivity index (χ0n) is 9.90. The summed E-state index contributed by atoms with van der Waals surface area (Å²) in [5.74, 6) is 0.00814. The fraction of sp³-hybridized carbons (Fsp3) is 0.167. The van der Waals surface area contributed by atoms with Crippen molar-refractivity contribution in [3.8, 4) is 11.6 Å². The molecule has 0 atom stereocenters. The van der Waals surface area contributed by atoms with Crippen molar-refractivity contribution in [1.29, 1.82) is 0 Å². The van der Waals surface area contributed by atoms with Crippen LogP contribution in [0.3, 0.4) is 0 Å². The van der Waals surface area contributed by atoms with Crippen molar-refractivity contribution < 1.29 is 17.9 Å². The second-order valence-electron chi connectivity index (χ2n) is 3.56. The van der Waals surface area contributed by atoms with Gasteiger partial charge in [0.2, 0.25) is 11.8 Å². The summed E-state index contributed by atoms with van der Waals surface area (Å²) in [5.41, 5.74) is -0.848. The third-order valence-electron chi connectivity index (χ3n) is 2.26. The molecule has 0 spiro atoms. The van der Waals surface area contributed by atoms with E-state index in [1.54, 1.807) is 7.05 Å². The molecule has 19 heavy (non-hydrogen) atoms. The van der Waals surface area contributed by atoms with Crippen LogP contribution < -0.4 is 10.1 Å². The van der Waals surface area contributed by atoms with Crippen molar-refractivity contribution in [3.63, 3.8) is 0 Å². The SMILES string of the molecule is CNc1nccc(Oc2ccccc2C(F)(F)F)n1. The summed E-state index contributed by atoms with van der Waals surface area (Å²) >= 11 is 0. The molecule has 2 aromatic rings. The molecule has 0 unspecified atom stereocenters. The second-order valence-corrected chi connectivity index (χ2v) is 3.56. The highest BCUT2D eigenvalue weighted by atomic mass is 19.4. The Morgan fingerprint density at radius 2 is 1.89 bits per heavy atom. The molecule has 0 amide bonds. The molecular formula is C12H10F3N3O. The maximum Gasteiger partial charge on any atom is 0.419 e. The summed E-state index contributed by atoms with van der Waals surface area (Å²) in [6.07, 6.45) is -3.08. The van der Waals surface area contributed by atoms with Gasteiger partial charge in [-0.25, -0.2) is 4.98 Å². The van der Waals surface area contributed by atoms with Crippen LogP contribution in [-0.2, 0) is 6.18 Å². The first-order chi connectivity index (χ1) is 9.00. The van der Waals surface area contributed by atoms with Gasteiger partial charge in [-0.15, -0.1) is 0 Å². The van der Waals surface area contributed by atoms with Crippen molar-refractivity contribution in [2.45, 2.75) is 6.18 Å². The maximum atomic E-state index is 12.8. The first-order valence-electron chi connectivity index (χ1n) is 5.35. The fourth-order valence-corrected chi connectivity index (χ4v) is 1.42. The predicted molar refractivity (Wildman–Crippen MR) is 63.1 cm³/mol. The summed E-state index contributed by atoms with van der Waals surface area (Å²) in [6.45, 7) is 0. The van der Waals surface area contributed by atoms with Gasteiger partial charge in [-0.05, 0) is 12.1 Å². The highest BCUT2D eigenvalue weighted by Crippen LogP contribution is 2.37. The zero-order valence-corrected chi connectivity index (χ0v) is 9.90. The van der Waals surface area contributed by atoms with Gasteiger partial charge in [0.15, 0.2) is 0 Å². The van der Waals surface area contributed by atoms with Crippen LogP contribution in [0.15, 0.2) is 36.5 Å². The van der Waals surface area contributed by atoms with Gasteiger partial charge in [0.25, 0.3) is 0 Å². The third-order valence-corrected chi connectivity index (χ3v) is 2.26. The van der Waals surface area contributed by atoms with E-state index in [2.05, 4.69) is 15.3 Å². The Morgan fingerprint density at radius 3 is 2.58 bits per heavy atom. The molecule has 1 aromatic heterocycles. The lowest BCUT2D eigenvalue weighted by atomic mass is 10.2. The van der Waals surface area contributed by atoms with Crippen molar-refractivity contribution in [2.24, 2.45) is 0 Å². The molecule has 0 aliphatic heterocycles. The lowest BCUT2D eigenvalue weighted by Crippen LogP contribution is -2.07. The molecule has 100 valence electrons. The molecule has 1 heterocycles. The largest absolute Gasteiger partial charge is 0.438 e. The number of rotatable bonds is 3. The summed E-state index contributed by atoms with van der Waals surface area (Å²) in [7, 11) is 1.60. The van der Waals surface area contributed by atoms with Gasteiger partial charge in [0.05, 0.1) is 5.56 Å². The van der Waals surface area contributed by atoms with E-state index in [0.717, 1.165) is 6.07 Å². The molecule has 4 nitrogen and oxygen atoms in total. The minimum Gasteiger partial charge on any atom is -0.438 e. The van der Waals surface area contributed by atoms with Gasteiger partial charge in [-0.3, -0.25) is 0 Å². The quantitative estimate of drug-likeness (QED) is 0.928. The number of hydrogen-bond acceptors (Lipinski definition) is 4. The number of para-hydroxylation sites is 1. The summed E-state index contributed by atoms with van der Waals surface area (Å²) in [4.78, 5) is 7.74. The van der Waals surface area contributed by atoms with Crippen molar-refractivity contribution >= 4 is 5.95 Å². The first-order valence-corrected chi connectivity index (χ1v) is 5.35. The van der Waals surface area contributed by atoms with E-state index in [4.69, 9.17) is 4.74 Å². The van der Waals surface area contributed by atoms with Crippen molar-refractivity contribution in [3.05, 3.63) is 42.1 Å². The molecule has 1 N–H and O–H groups in total. The number of aromatic nitrogens is 2. The Morgan fingerprint density at radius 1 is 1.16 bits per heavy atom. The number of anilines is 1. The van der Waals surface area contributed by atoms with Crippen LogP contribution in [0.2, 0.25) is 0 Å². The molecule has 2 rings (SSSR count). The predicted octanol–water partition coefficient (Wildman–Crippen LogP) is 3.33. The lowest BCUT2D eigenvalue weighted by molar-refractivity contribution is -0.138. The van der Waals surface area contributed by atoms with E-state index in [-0.39, 0.29) is 17.6 Å². The minimum absolute atomic E-state index is 0.0380. The van der Waals surface area contributed by atoms with Gasteiger partial charge in [0, 0.05) is 19.3 Å². The number of halogens is 3. The Kier molecular flexibility index (Phi) is 3.55. The van der Waals surface area contributed by atoms with Gasteiger partial charge >= 0.3 is 6.18 Å². The number of hydrogen-bond donors (Lipinski definition) is 1. The number of alkyl halides is 3. The van der Waals surface area contributed by atoms with E-state index < -0.39 is 11.7 Å². The van der Waals surface area contributed by atoms with Crippen LogP contribution in [0.5, 0.6) is 11.6 Å². The standard InChI is InChI=1S/C12H10F3N3O/c1-16-11-17-7-6-10(18-11)19-9-5-3-2-4-8(9)12(13,14)15/h2-7H,1H3,(H,16,17,18). The van der Waals surface area contributed by atoms with Crippen LogP contribution in [-0.4, -0.2) is 17.0 Å². The average Bonchev–Trinajstić information content (AvgIpc) is 2.38. The second kappa shape index (κ2) is 5.13. The molecule has 0 radical (unpaired) electrons. The molecular weight excluding hydrogens is 259 g/mol. The third kappa shape index (κ3) is 3.12. The molecule has 7 heteroatoms. The Hall–Kier alpha value is -2.31. The van der Waals surface area contributed by atoms with Crippen LogP contribution in [0, 0.1) is 0 Å². The molecule has 1 aromatic carbocycles. The van der Waals surface area contributed by atoms with E-state index in [1.165, 1.54) is 30.5 Å². The fourth-order valence-electron chi connectivity index (χ4n) is 1.42. The minimum atomic E-state index is -4.48. The highest BCUT2D eigenvalue weighted by molar-refractivity contribution is 5.38. The van der Waals surface area contributed by atoms with Gasteiger partial charge < -0.3 is 10.1 Å². The number of nitrogens with one attached hydrogen (secondary N) is 1. The lowest BCUT2D eigenvalue weighted by Gasteiger charge is -2.12. The Labute approximate surface area is 107 Å². The molecule has 0 bridgehead atoms. The zero-order chi connectivity index (χ0) is 13.9.